The van der Waals surface area contributed by atoms with Gasteiger partial charge in [-0.15, -0.1) is 0 Å². The highest BCUT2D eigenvalue weighted by atomic mass is 16.6. The van der Waals surface area contributed by atoms with Gasteiger partial charge in [0.15, 0.2) is 5.76 Å². The van der Waals surface area contributed by atoms with Gasteiger partial charge < -0.3 is 19.5 Å². The summed E-state index contributed by atoms with van der Waals surface area (Å²) in [7, 11) is 0. The van der Waals surface area contributed by atoms with E-state index in [2.05, 4.69) is 10.2 Å². The molecule has 0 atom stereocenters. The number of para-hydroxylation sites is 1. The maximum absolute atomic E-state index is 12.8. The molecule has 4 rings (SSSR count). The summed E-state index contributed by atoms with van der Waals surface area (Å²) in [5.74, 6) is 0.238. The lowest BCUT2D eigenvalue weighted by Gasteiger charge is -2.35. The summed E-state index contributed by atoms with van der Waals surface area (Å²) in [5, 5.41) is 15.2. The molecule has 1 aliphatic heterocycles. The van der Waals surface area contributed by atoms with E-state index in [9.17, 15) is 14.9 Å². The number of furan rings is 1. The first-order valence-corrected chi connectivity index (χ1v) is 9.62. The Bertz CT molecular complexity index is 1020. The van der Waals surface area contributed by atoms with Crippen LogP contribution >= 0.6 is 0 Å². The van der Waals surface area contributed by atoms with Crippen LogP contribution in [0.15, 0.2) is 52.9 Å². The number of hydrogen-bond donors (Lipinski definition) is 1. The van der Waals surface area contributed by atoms with Crippen molar-refractivity contribution in [3.8, 4) is 0 Å². The standard InChI is InChI=1S/C21H22N4O4/c1-2-22-17-14-16(7-8-18(17)25(27)28)23-9-11-24(12-10-23)21(26)20-13-15-5-3-4-6-19(15)29-20/h3-8,13-14,22H,2,9-12H2,1H3. The highest BCUT2D eigenvalue weighted by molar-refractivity contribution is 5.96. The minimum Gasteiger partial charge on any atom is -0.451 e. The SMILES string of the molecule is CCNc1cc(N2CCN(C(=O)c3cc4ccccc4o3)CC2)ccc1[N+](=O)[O-]. The summed E-state index contributed by atoms with van der Waals surface area (Å²) in [5.41, 5.74) is 2.18. The smallest absolute Gasteiger partial charge is 0.292 e. The molecule has 1 aromatic heterocycles. The molecule has 3 aromatic rings. The third-order valence-electron chi connectivity index (χ3n) is 5.11. The fraction of sp³-hybridized carbons (Fsp3) is 0.286. The number of benzene rings is 2. The molecule has 1 saturated heterocycles. The number of rotatable bonds is 5. The van der Waals surface area contributed by atoms with Gasteiger partial charge in [0.2, 0.25) is 0 Å². The monoisotopic (exact) mass is 394 g/mol. The van der Waals surface area contributed by atoms with Crippen LogP contribution < -0.4 is 10.2 Å². The molecule has 0 aliphatic carbocycles. The Hall–Kier alpha value is -3.55. The van der Waals surface area contributed by atoms with Crippen LogP contribution in [-0.2, 0) is 0 Å². The molecular formula is C21H22N4O4. The van der Waals surface area contributed by atoms with Gasteiger partial charge >= 0.3 is 0 Å². The van der Waals surface area contributed by atoms with Crippen molar-refractivity contribution in [2.75, 3.05) is 42.9 Å². The van der Waals surface area contributed by atoms with E-state index in [1.54, 1.807) is 23.1 Å². The molecule has 1 amide bonds. The van der Waals surface area contributed by atoms with Crippen molar-refractivity contribution in [2.45, 2.75) is 6.92 Å². The first-order valence-electron chi connectivity index (χ1n) is 9.62. The van der Waals surface area contributed by atoms with Crippen molar-refractivity contribution in [1.29, 1.82) is 0 Å². The van der Waals surface area contributed by atoms with E-state index < -0.39 is 0 Å². The zero-order valence-corrected chi connectivity index (χ0v) is 16.1. The van der Waals surface area contributed by atoms with Gasteiger partial charge in [0, 0.05) is 49.9 Å². The van der Waals surface area contributed by atoms with Gasteiger partial charge in [0.25, 0.3) is 11.6 Å². The second-order valence-corrected chi connectivity index (χ2v) is 6.92. The van der Waals surface area contributed by atoms with E-state index in [-0.39, 0.29) is 16.5 Å². The normalized spacial score (nSPS) is 14.2. The third-order valence-corrected chi connectivity index (χ3v) is 5.11. The Morgan fingerprint density at radius 1 is 1.14 bits per heavy atom. The maximum Gasteiger partial charge on any atom is 0.292 e. The van der Waals surface area contributed by atoms with Gasteiger partial charge in [0.05, 0.1) is 4.92 Å². The molecule has 0 spiro atoms. The molecule has 1 fully saturated rings. The summed E-state index contributed by atoms with van der Waals surface area (Å²) >= 11 is 0. The van der Waals surface area contributed by atoms with Gasteiger partial charge in [-0.25, -0.2) is 0 Å². The van der Waals surface area contributed by atoms with E-state index in [0.29, 0.717) is 49.8 Å². The predicted octanol–water partition coefficient (Wildman–Crippen LogP) is 3.74. The van der Waals surface area contributed by atoms with Crippen LogP contribution in [0.2, 0.25) is 0 Å². The van der Waals surface area contributed by atoms with Gasteiger partial charge in [-0.05, 0) is 31.2 Å². The molecule has 0 unspecified atom stereocenters. The minimum atomic E-state index is -0.383. The lowest BCUT2D eigenvalue weighted by molar-refractivity contribution is -0.383. The van der Waals surface area contributed by atoms with Gasteiger partial charge in [-0.3, -0.25) is 14.9 Å². The summed E-state index contributed by atoms with van der Waals surface area (Å²) in [6, 6.07) is 14.4. The largest absolute Gasteiger partial charge is 0.451 e. The van der Waals surface area contributed by atoms with Gasteiger partial charge in [-0.1, -0.05) is 18.2 Å². The number of nitrogens with one attached hydrogen (secondary N) is 1. The van der Waals surface area contributed by atoms with Crippen molar-refractivity contribution in [2.24, 2.45) is 0 Å². The predicted molar refractivity (Wildman–Crippen MR) is 112 cm³/mol. The summed E-state index contributed by atoms with van der Waals surface area (Å²) in [6.07, 6.45) is 0. The van der Waals surface area contributed by atoms with Crippen molar-refractivity contribution in [3.63, 3.8) is 0 Å². The average molecular weight is 394 g/mol. The summed E-state index contributed by atoms with van der Waals surface area (Å²) in [6.45, 7) is 4.92. The molecule has 29 heavy (non-hydrogen) atoms. The first-order chi connectivity index (χ1) is 14.1. The quantitative estimate of drug-likeness (QED) is 0.524. The lowest BCUT2D eigenvalue weighted by atomic mass is 10.2. The van der Waals surface area contributed by atoms with Crippen LogP contribution in [0.3, 0.4) is 0 Å². The fourth-order valence-corrected chi connectivity index (χ4v) is 3.62. The number of nitro groups is 1. The van der Waals surface area contributed by atoms with Crippen LogP contribution in [0.1, 0.15) is 17.5 Å². The molecule has 1 N–H and O–H groups in total. The minimum absolute atomic E-state index is 0.0642. The number of amides is 1. The molecule has 1 aliphatic rings. The zero-order chi connectivity index (χ0) is 20.4. The van der Waals surface area contributed by atoms with Gasteiger partial charge in [-0.2, -0.15) is 0 Å². The number of nitrogens with zero attached hydrogens (tertiary/aromatic N) is 3. The van der Waals surface area contributed by atoms with Crippen molar-refractivity contribution in [3.05, 3.63) is 64.4 Å². The number of piperazine rings is 1. The number of carbonyl (C=O) groups is 1. The molecule has 0 radical (unpaired) electrons. The summed E-state index contributed by atoms with van der Waals surface area (Å²) < 4.78 is 5.70. The van der Waals surface area contributed by atoms with Crippen LogP contribution in [0.5, 0.6) is 0 Å². The Kier molecular flexibility index (Phi) is 5.07. The van der Waals surface area contributed by atoms with Crippen molar-refractivity contribution < 1.29 is 14.1 Å². The van der Waals surface area contributed by atoms with Crippen molar-refractivity contribution >= 4 is 33.9 Å². The Labute approximate surface area is 167 Å². The van der Waals surface area contributed by atoms with E-state index in [0.717, 1.165) is 11.1 Å². The van der Waals surface area contributed by atoms with Crippen LogP contribution in [-0.4, -0.2) is 48.5 Å². The molecule has 150 valence electrons. The second kappa shape index (κ2) is 7.83. The molecule has 0 saturated carbocycles. The number of fused-ring (bicyclic) bond motifs is 1. The highest BCUT2D eigenvalue weighted by Crippen LogP contribution is 2.30. The Balaban J connectivity index is 1.45. The highest BCUT2D eigenvalue weighted by Gasteiger charge is 2.25. The second-order valence-electron chi connectivity index (χ2n) is 6.92. The fourth-order valence-electron chi connectivity index (χ4n) is 3.62. The Morgan fingerprint density at radius 2 is 1.90 bits per heavy atom. The third kappa shape index (κ3) is 3.73. The lowest BCUT2D eigenvalue weighted by Crippen LogP contribution is -2.48. The van der Waals surface area contributed by atoms with Gasteiger partial charge in [0.1, 0.15) is 11.3 Å². The molecular weight excluding hydrogens is 372 g/mol. The summed E-state index contributed by atoms with van der Waals surface area (Å²) in [4.78, 5) is 27.5. The van der Waals surface area contributed by atoms with Crippen LogP contribution in [0, 0.1) is 10.1 Å². The maximum atomic E-state index is 12.8. The van der Waals surface area contributed by atoms with E-state index in [4.69, 9.17) is 4.42 Å². The van der Waals surface area contributed by atoms with Crippen LogP contribution in [0.25, 0.3) is 11.0 Å². The van der Waals surface area contributed by atoms with E-state index >= 15 is 0 Å². The van der Waals surface area contributed by atoms with E-state index in [1.807, 2.05) is 31.2 Å². The first kappa shape index (κ1) is 18.8. The Morgan fingerprint density at radius 3 is 2.59 bits per heavy atom. The molecule has 2 heterocycles. The number of nitro benzene ring substituents is 1. The molecule has 0 bridgehead atoms. The number of carbonyl (C=O) groups excluding carboxylic acids is 1. The number of hydrogen-bond acceptors (Lipinski definition) is 6. The van der Waals surface area contributed by atoms with Crippen LogP contribution in [0.4, 0.5) is 17.1 Å². The number of anilines is 2. The van der Waals surface area contributed by atoms with E-state index in [1.165, 1.54) is 6.07 Å². The molecule has 8 heteroatoms. The molecule has 8 nitrogen and oxygen atoms in total. The average Bonchev–Trinajstić information content (AvgIpc) is 3.17. The molecule has 2 aromatic carbocycles. The topological polar surface area (TPSA) is 91.9 Å². The zero-order valence-electron chi connectivity index (χ0n) is 16.1. The van der Waals surface area contributed by atoms with Crippen molar-refractivity contribution in [1.82, 2.24) is 4.90 Å².